The summed E-state index contributed by atoms with van der Waals surface area (Å²) in [5.74, 6) is 0.743. The number of unbranched alkanes of at least 4 members (excludes halogenated alkanes) is 2. The highest BCUT2D eigenvalue weighted by Crippen LogP contribution is 2.09. The molecule has 1 unspecified atom stereocenters. The average Bonchev–Trinajstić information content (AvgIpc) is 2.15. The fraction of sp³-hybridized carbons (Fsp3) is 0.900. The van der Waals surface area contributed by atoms with Gasteiger partial charge in [0.2, 0.25) is 0 Å². The molecular weight excluding hydrogens is 200 g/mol. The molecule has 0 fully saturated rings. The molecular formula is C10H20O3S. The van der Waals surface area contributed by atoms with Crippen molar-refractivity contribution in [2.75, 3.05) is 18.1 Å². The molecule has 0 saturated carbocycles. The molecule has 0 aliphatic carbocycles. The van der Waals surface area contributed by atoms with Crippen LogP contribution in [0, 0.1) is 0 Å². The van der Waals surface area contributed by atoms with Crippen LogP contribution >= 0.6 is 11.8 Å². The van der Waals surface area contributed by atoms with Crippen molar-refractivity contribution in [1.82, 2.24) is 0 Å². The molecule has 0 aliphatic rings. The number of hydrogen-bond acceptors (Lipinski definition) is 3. The van der Waals surface area contributed by atoms with Gasteiger partial charge in [-0.05, 0) is 19.1 Å². The van der Waals surface area contributed by atoms with Crippen molar-refractivity contribution in [1.29, 1.82) is 0 Å². The van der Waals surface area contributed by atoms with Crippen molar-refractivity contribution in [3.05, 3.63) is 0 Å². The van der Waals surface area contributed by atoms with Crippen LogP contribution < -0.4 is 0 Å². The van der Waals surface area contributed by atoms with Crippen LogP contribution in [0.3, 0.4) is 0 Å². The molecule has 1 N–H and O–H groups in total. The van der Waals surface area contributed by atoms with E-state index in [0.29, 0.717) is 12.4 Å². The van der Waals surface area contributed by atoms with Gasteiger partial charge >= 0.3 is 5.97 Å². The second-order valence-corrected chi connectivity index (χ2v) is 4.21. The number of ether oxygens (including phenoxy) is 1. The van der Waals surface area contributed by atoms with Crippen molar-refractivity contribution >= 4 is 17.7 Å². The summed E-state index contributed by atoms with van der Waals surface area (Å²) in [6.07, 6.45) is 2.96. The Morgan fingerprint density at radius 3 is 2.64 bits per heavy atom. The molecule has 0 aromatic carbocycles. The number of thioether (sulfide) groups is 1. The zero-order chi connectivity index (χ0) is 10.8. The summed E-state index contributed by atoms with van der Waals surface area (Å²) < 4.78 is 5.09. The first kappa shape index (κ1) is 13.8. The van der Waals surface area contributed by atoms with Gasteiger partial charge in [0.15, 0.2) is 6.10 Å². The maximum atomic E-state index is 10.7. The lowest BCUT2D eigenvalue weighted by Gasteiger charge is -2.11. The Labute approximate surface area is 90.2 Å². The van der Waals surface area contributed by atoms with E-state index < -0.39 is 12.1 Å². The van der Waals surface area contributed by atoms with E-state index in [9.17, 15) is 4.79 Å². The Morgan fingerprint density at radius 1 is 1.43 bits per heavy atom. The van der Waals surface area contributed by atoms with Gasteiger partial charge in [-0.25, -0.2) is 4.79 Å². The highest BCUT2D eigenvalue weighted by molar-refractivity contribution is 7.99. The van der Waals surface area contributed by atoms with E-state index in [1.807, 2.05) is 6.92 Å². The van der Waals surface area contributed by atoms with E-state index in [2.05, 4.69) is 6.92 Å². The third kappa shape index (κ3) is 7.21. The zero-order valence-electron chi connectivity index (χ0n) is 8.99. The Hall–Kier alpha value is -0.220. The summed E-state index contributed by atoms with van der Waals surface area (Å²) in [7, 11) is 0. The molecule has 14 heavy (non-hydrogen) atoms. The lowest BCUT2D eigenvalue weighted by atomic mass is 10.3. The Kier molecular flexibility index (Phi) is 9.19. The highest BCUT2D eigenvalue weighted by Gasteiger charge is 2.16. The van der Waals surface area contributed by atoms with Gasteiger partial charge in [-0.2, -0.15) is 11.8 Å². The van der Waals surface area contributed by atoms with Gasteiger partial charge in [-0.15, -0.1) is 0 Å². The minimum absolute atomic E-state index is 0.465. The maximum Gasteiger partial charge on any atom is 0.333 e. The summed E-state index contributed by atoms with van der Waals surface area (Å²) >= 11 is 1.66. The first-order valence-corrected chi connectivity index (χ1v) is 6.30. The van der Waals surface area contributed by atoms with Crippen molar-refractivity contribution < 1.29 is 14.6 Å². The van der Waals surface area contributed by atoms with Crippen LogP contribution in [0.15, 0.2) is 0 Å². The quantitative estimate of drug-likeness (QED) is 0.606. The molecule has 0 saturated heterocycles. The minimum Gasteiger partial charge on any atom is -0.479 e. The smallest absolute Gasteiger partial charge is 0.333 e. The van der Waals surface area contributed by atoms with E-state index in [1.165, 1.54) is 19.3 Å². The summed E-state index contributed by atoms with van der Waals surface area (Å²) in [6.45, 7) is 4.44. The lowest BCUT2D eigenvalue weighted by Crippen LogP contribution is -2.26. The Balaban J connectivity index is 3.46. The van der Waals surface area contributed by atoms with Crippen LogP contribution in [0.25, 0.3) is 0 Å². The van der Waals surface area contributed by atoms with Crippen LogP contribution in [-0.4, -0.2) is 35.3 Å². The number of rotatable bonds is 9. The van der Waals surface area contributed by atoms with Crippen LogP contribution in [0.2, 0.25) is 0 Å². The average molecular weight is 220 g/mol. The molecule has 1 atom stereocenters. The molecule has 0 radical (unpaired) electrons. The molecule has 0 heterocycles. The highest BCUT2D eigenvalue weighted by atomic mass is 32.2. The zero-order valence-corrected chi connectivity index (χ0v) is 9.81. The third-order valence-corrected chi connectivity index (χ3v) is 2.92. The van der Waals surface area contributed by atoms with Gasteiger partial charge in [0.05, 0.1) is 0 Å². The molecule has 84 valence electrons. The third-order valence-electron chi connectivity index (χ3n) is 1.80. The molecule has 0 amide bonds. The van der Waals surface area contributed by atoms with Crippen LogP contribution in [-0.2, 0) is 9.53 Å². The monoisotopic (exact) mass is 220 g/mol. The van der Waals surface area contributed by atoms with Crippen LogP contribution in [0.1, 0.15) is 33.1 Å². The summed E-state index contributed by atoms with van der Waals surface area (Å²) in [5.41, 5.74) is 0. The maximum absolute atomic E-state index is 10.7. The molecule has 0 rings (SSSR count). The summed E-state index contributed by atoms with van der Waals surface area (Å²) in [6, 6.07) is 0. The second-order valence-electron chi connectivity index (χ2n) is 3.06. The number of carboxylic acid groups (broad SMARTS) is 1. The first-order valence-electron chi connectivity index (χ1n) is 5.14. The molecule has 0 aromatic rings. The summed E-state index contributed by atoms with van der Waals surface area (Å²) in [5, 5.41) is 8.77. The molecule has 4 heteroatoms. The van der Waals surface area contributed by atoms with Gasteiger partial charge in [-0.1, -0.05) is 19.8 Å². The van der Waals surface area contributed by atoms with E-state index in [-0.39, 0.29) is 0 Å². The second kappa shape index (κ2) is 9.34. The van der Waals surface area contributed by atoms with E-state index in [0.717, 1.165) is 5.75 Å². The van der Waals surface area contributed by atoms with Gasteiger partial charge in [-0.3, -0.25) is 0 Å². The first-order chi connectivity index (χ1) is 6.72. The van der Waals surface area contributed by atoms with E-state index in [4.69, 9.17) is 9.84 Å². The fourth-order valence-electron chi connectivity index (χ4n) is 1.04. The predicted molar refractivity (Wildman–Crippen MR) is 59.9 cm³/mol. The normalized spacial score (nSPS) is 12.7. The number of hydrogen-bond donors (Lipinski definition) is 1. The molecule has 3 nitrogen and oxygen atoms in total. The van der Waals surface area contributed by atoms with Crippen molar-refractivity contribution in [3.63, 3.8) is 0 Å². The largest absolute Gasteiger partial charge is 0.479 e. The number of aliphatic carboxylic acids is 1. The van der Waals surface area contributed by atoms with Crippen LogP contribution in [0.4, 0.5) is 0 Å². The topological polar surface area (TPSA) is 46.5 Å². The van der Waals surface area contributed by atoms with Crippen LogP contribution in [0.5, 0.6) is 0 Å². The van der Waals surface area contributed by atoms with Crippen molar-refractivity contribution in [3.8, 4) is 0 Å². The predicted octanol–water partition coefficient (Wildman–Crippen LogP) is 2.40. The van der Waals surface area contributed by atoms with Crippen molar-refractivity contribution in [2.24, 2.45) is 0 Å². The Morgan fingerprint density at radius 2 is 2.14 bits per heavy atom. The van der Waals surface area contributed by atoms with Gasteiger partial charge in [0.1, 0.15) is 0 Å². The fourth-order valence-corrected chi connectivity index (χ4v) is 2.06. The van der Waals surface area contributed by atoms with E-state index >= 15 is 0 Å². The SMILES string of the molecule is CCCCCSCC(OCC)C(=O)O. The number of carbonyl (C=O) groups is 1. The molecule has 0 aliphatic heterocycles. The molecule has 0 bridgehead atoms. The summed E-state index contributed by atoms with van der Waals surface area (Å²) in [4.78, 5) is 10.7. The molecule has 0 aromatic heterocycles. The van der Waals surface area contributed by atoms with Gasteiger partial charge in [0, 0.05) is 12.4 Å². The lowest BCUT2D eigenvalue weighted by molar-refractivity contribution is -0.148. The Bertz CT molecular complexity index is 150. The molecule has 0 spiro atoms. The van der Waals surface area contributed by atoms with E-state index in [1.54, 1.807) is 11.8 Å². The van der Waals surface area contributed by atoms with Gasteiger partial charge < -0.3 is 9.84 Å². The standard InChI is InChI=1S/C10H20O3S/c1-3-5-6-7-14-8-9(10(11)12)13-4-2/h9H,3-8H2,1-2H3,(H,11,12). The van der Waals surface area contributed by atoms with Gasteiger partial charge in [0.25, 0.3) is 0 Å². The van der Waals surface area contributed by atoms with Crippen molar-refractivity contribution in [2.45, 2.75) is 39.2 Å². The minimum atomic E-state index is -0.852. The number of carboxylic acids is 1.